The lowest BCUT2D eigenvalue weighted by molar-refractivity contribution is -0.873. The number of hydrogen-bond donors (Lipinski definition) is 1. The van der Waals surface area contributed by atoms with Gasteiger partial charge in [-0.25, -0.2) is 4.79 Å². The molecule has 1 unspecified atom stereocenters. The number of hydrogen-bond acceptors (Lipinski definition) is 3. The van der Waals surface area contributed by atoms with Crippen LogP contribution >= 0.6 is 0 Å². The zero-order valence-corrected chi connectivity index (χ0v) is 19.6. The third-order valence-corrected chi connectivity index (χ3v) is 4.61. The van der Waals surface area contributed by atoms with E-state index >= 15 is 0 Å². The Morgan fingerprint density at radius 1 is 0.867 bits per heavy atom. The molecule has 0 aliphatic rings. The topological polar surface area (TPSA) is 63.6 Å². The van der Waals surface area contributed by atoms with Crippen molar-refractivity contribution in [2.45, 2.75) is 83.7 Å². The number of unbranched alkanes of at least 4 members (excludes halogenated alkanes) is 9. The van der Waals surface area contributed by atoms with E-state index in [2.05, 4.69) is 13.0 Å². The second kappa shape index (κ2) is 17.9. The third-order valence-electron chi connectivity index (χ3n) is 4.61. The molecular formula is C25H44NO4+. The smallest absolute Gasteiger partial charge is 0.331 e. The van der Waals surface area contributed by atoms with Gasteiger partial charge in [-0.15, -0.1) is 0 Å². The van der Waals surface area contributed by atoms with Crippen LogP contribution in [-0.4, -0.2) is 55.3 Å². The Bertz CT molecular complexity index is 544. The zero-order valence-electron chi connectivity index (χ0n) is 19.6. The number of rotatable bonds is 18. The molecule has 5 nitrogen and oxygen atoms in total. The predicted molar refractivity (Wildman–Crippen MR) is 124 cm³/mol. The molecule has 0 spiro atoms. The summed E-state index contributed by atoms with van der Waals surface area (Å²) in [6.07, 6.45) is 23.0. The number of ether oxygens (including phenoxy) is 1. The average molecular weight is 423 g/mol. The number of nitrogens with zero attached hydrogens (tertiary/aromatic N) is 1. The predicted octanol–water partition coefficient (Wildman–Crippen LogP) is 5.67. The summed E-state index contributed by atoms with van der Waals surface area (Å²) in [5.41, 5.74) is 0. The number of esters is 1. The van der Waals surface area contributed by atoms with E-state index < -0.39 is 18.0 Å². The van der Waals surface area contributed by atoms with E-state index in [1.165, 1.54) is 63.9 Å². The fraction of sp³-hybridized carbons (Fsp3) is 0.680. The first-order valence-corrected chi connectivity index (χ1v) is 11.5. The number of likely N-dealkylation sites (N-methyl/N-ethyl adjacent to an activating group) is 1. The molecule has 0 aliphatic heterocycles. The summed E-state index contributed by atoms with van der Waals surface area (Å²) in [4.78, 5) is 22.8. The van der Waals surface area contributed by atoms with Crippen molar-refractivity contribution in [1.29, 1.82) is 0 Å². The van der Waals surface area contributed by atoms with Crippen molar-refractivity contribution in [3.8, 4) is 0 Å². The molecule has 1 atom stereocenters. The van der Waals surface area contributed by atoms with E-state index in [1.807, 2.05) is 33.3 Å². The van der Waals surface area contributed by atoms with Crippen LogP contribution in [0.5, 0.6) is 0 Å². The largest absolute Gasteiger partial charge is 0.481 e. The zero-order chi connectivity index (χ0) is 22.7. The summed E-state index contributed by atoms with van der Waals surface area (Å²) in [5.74, 6) is -1.49. The standard InChI is InChI=1S/C25H43NO4/c1-5-6-7-8-9-10-11-12-13-14-15-16-17-18-19-20-25(29)30-23(21-24(27)28)22-26(2,3)4/h15-20,23H,5-14,21-22H2,1-4H3/p+1. The Balaban J connectivity index is 3.93. The van der Waals surface area contributed by atoms with Gasteiger partial charge in [0.25, 0.3) is 0 Å². The molecule has 30 heavy (non-hydrogen) atoms. The maximum Gasteiger partial charge on any atom is 0.331 e. The second-order valence-corrected chi connectivity index (χ2v) is 8.92. The van der Waals surface area contributed by atoms with Gasteiger partial charge in [0, 0.05) is 6.08 Å². The summed E-state index contributed by atoms with van der Waals surface area (Å²) < 4.78 is 5.81. The lowest BCUT2D eigenvalue weighted by atomic mass is 10.1. The minimum absolute atomic E-state index is 0.188. The summed E-state index contributed by atoms with van der Waals surface area (Å²) >= 11 is 0. The number of carboxylic acid groups (broad SMARTS) is 1. The van der Waals surface area contributed by atoms with Crippen LogP contribution in [0.4, 0.5) is 0 Å². The minimum Gasteiger partial charge on any atom is -0.481 e. The molecule has 0 aromatic heterocycles. The first kappa shape index (κ1) is 28.1. The highest BCUT2D eigenvalue weighted by molar-refractivity contribution is 5.82. The summed E-state index contributed by atoms with van der Waals surface area (Å²) in [6.45, 7) is 2.70. The van der Waals surface area contributed by atoms with Crippen LogP contribution in [0, 0.1) is 0 Å². The average Bonchev–Trinajstić information content (AvgIpc) is 2.63. The first-order valence-electron chi connectivity index (χ1n) is 11.5. The highest BCUT2D eigenvalue weighted by Crippen LogP contribution is 2.10. The van der Waals surface area contributed by atoms with Crippen molar-refractivity contribution >= 4 is 11.9 Å². The van der Waals surface area contributed by atoms with E-state index in [0.717, 1.165) is 6.42 Å². The second-order valence-electron chi connectivity index (χ2n) is 8.92. The van der Waals surface area contributed by atoms with Gasteiger partial charge in [-0.1, -0.05) is 88.7 Å². The highest BCUT2D eigenvalue weighted by Gasteiger charge is 2.23. The molecule has 0 bridgehead atoms. The Labute approximate surface area is 184 Å². The van der Waals surface area contributed by atoms with Crippen molar-refractivity contribution in [1.82, 2.24) is 0 Å². The van der Waals surface area contributed by atoms with Gasteiger partial charge in [0.15, 0.2) is 6.10 Å². The van der Waals surface area contributed by atoms with Crippen LogP contribution in [0.1, 0.15) is 77.6 Å². The van der Waals surface area contributed by atoms with Crippen molar-refractivity contribution in [3.05, 3.63) is 36.5 Å². The molecule has 0 radical (unpaired) electrons. The van der Waals surface area contributed by atoms with Gasteiger partial charge in [-0.2, -0.15) is 0 Å². The fourth-order valence-electron chi connectivity index (χ4n) is 3.16. The van der Waals surface area contributed by atoms with Gasteiger partial charge < -0.3 is 14.3 Å². The summed E-state index contributed by atoms with van der Waals surface area (Å²) in [6, 6.07) is 0. The van der Waals surface area contributed by atoms with Gasteiger partial charge in [0.1, 0.15) is 6.54 Å². The van der Waals surface area contributed by atoms with Gasteiger partial charge >= 0.3 is 11.9 Å². The molecule has 0 aromatic carbocycles. The van der Waals surface area contributed by atoms with Crippen LogP contribution in [0.2, 0.25) is 0 Å². The van der Waals surface area contributed by atoms with Gasteiger partial charge in [0.2, 0.25) is 0 Å². The fourth-order valence-corrected chi connectivity index (χ4v) is 3.16. The van der Waals surface area contributed by atoms with Gasteiger partial charge in [-0.3, -0.25) is 4.79 Å². The van der Waals surface area contributed by atoms with E-state index in [0.29, 0.717) is 11.0 Å². The van der Waals surface area contributed by atoms with Gasteiger partial charge in [0.05, 0.1) is 27.6 Å². The van der Waals surface area contributed by atoms with E-state index in [-0.39, 0.29) is 6.42 Å². The third kappa shape index (κ3) is 20.8. The molecule has 0 saturated heterocycles. The SMILES string of the molecule is CCCCCCCCCCCC=CC=CC=CC(=O)OC(CC(=O)O)C[N+](C)(C)C. The number of aliphatic carboxylic acids is 1. The molecule has 0 amide bonds. The molecule has 1 N–H and O–H groups in total. The maximum absolute atomic E-state index is 11.9. The normalized spacial score (nSPS) is 13.5. The Morgan fingerprint density at radius 2 is 1.43 bits per heavy atom. The van der Waals surface area contributed by atoms with Crippen molar-refractivity contribution in [2.75, 3.05) is 27.7 Å². The molecule has 0 saturated carbocycles. The minimum atomic E-state index is -0.970. The van der Waals surface area contributed by atoms with E-state index in [4.69, 9.17) is 9.84 Å². The van der Waals surface area contributed by atoms with Crippen molar-refractivity contribution < 1.29 is 23.9 Å². The molecule has 172 valence electrons. The highest BCUT2D eigenvalue weighted by atomic mass is 16.5. The lowest BCUT2D eigenvalue weighted by Crippen LogP contribution is -2.43. The molecule has 5 heteroatoms. The molecule has 0 aromatic rings. The van der Waals surface area contributed by atoms with Crippen LogP contribution in [0.25, 0.3) is 0 Å². The summed E-state index contributed by atoms with van der Waals surface area (Å²) in [7, 11) is 5.80. The molecule has 0 heterocycles. The van der Waals surface area contributed by atoms with Crippen LogP contribution in [-0.2, 0) is 14.3 Å². The number of allylic oxidation sites excluding steroid dienone is 5. The maximum atomic E-state index is 11.9. The van der Waals surface area contributed by atoms with Crippen LogP contribution < -0.4 is 0 Å². The molecule has 0 rings (SSSR count). The Kier molecular flexibility index (Phi) is 16.8. The Morgan fingerprint density at radius 3 is 2.00 bits per heavy atom. The number of carbonyl (C=O) groups excluding carboxylic acids is 1. The van der Waals surface area contributed by atoms with Gasteiger partial charge in [-0.05, 0) is 12.8 Å². The van der Waals surface area contributed by atoms with Crippen molar-refractivity contribution in [3.63, 3.8) is 0 Å². The Hall–Kier alpha value is -1.88. The van der Waals surface area contributed by atoms with E-state index in [9.17, 15) is 9.59 Å². The quantitative estimate of drug-likeness (QED) is 0.102. The lowest BCUT2D eigenvalue weighted by Gasteiger charge is -2.28. The molecule has 0 fully saturated rings. The van der Waals surface area contributed by atoms with Crippen LogP contribution in [0.15, 0.2) is 36.5 Å². The number of carbonyl (C=O) groups is 2. The summed E-state index contributed by atoms with van der Waals surface area (Å²) in [5, 5.41) is 8.98. The number of carboxylic acids is 1. The van der Waals surface area contributed by atoms with Crippen molar-refractivity contribution in [2.24, 2.45) is 0 Å². The monoisotopic (exact) mass is 422 g/mol. The number of quaternary nitrogens is 1. The van der Waals surface area contributed by atoms with E-state index in [1.54, 1.807) is 12.2 Å². The molecule has 0 aliphatic carbocycles. The molecular weight excluding hydrogens is 378 g/mol. The first-order chi connectivity index (χ1) is 14.2. The van der Waals surface area contributed by atoms with Crippen LogP contribution in [0.3, 0.4) is 0 Å².